The van der Waals surface area contributed by atoms with Crippen molar-refractivity contribution in [2.75, 3.05) is 18.4 Å². The predicted molar refractivity (Wildman–Crippen MR) is 97.6 cm³/mol. The van der Waals surface area contributed by atoms with Crippen molar-refractivity contribution in [1.82, 2.24) is 15.1 Å². The summed E-state index contributed by atoms with van der Waals surface area (Å²) in [5.41, 5.74) is 0.591. The molecule has 8 heteroatoms. The first kappa shape index (κ1) is 18.2. The number of para-hydroxylation sites is 1. The van der Waals surface area contributed by atoms with E-state index in [1.807, 2.05) is 24.0 Å². The van der Waals surface area contributed by atoms with E-state index in [1.165, 1.54) is 0 Å². The van der Waals surface area contributed by atoms with Gasteiger partial charge in [-0.25, -0.2) is 0 Å². The summed E-state index contributed by atoms with van der Waals surface area (Å²) in [7, 11) is 0. The van der Waals surface area contributed by atoms with Crippen LogP contribution in [0.2, 0.25) is 5.02 Å². The molecule has 3 aromatic rings. The van der Waals surface area contributed by atoms with Crippen LogP contribution in [-0.4, -0.2) is 34.1 Å². The number of benzene rings is 1. The van der Waals surface area contributed by atoms with Gasteiger partial charge in [0.15, 0.2) is 5.76 Å². The van der Waals surface area contributed by atoms with E-state index in [4.69, 9.17) is 20.4 Å². The van der Waals surface area contributed by atoms with Crippen LogP contribution >= 0.6 is 11.6 Å². The summed E-state index contributed by atoms with van der Waals surface area (Å²) >= 11 is 6.08. The Kier molecular flexibility index (Phi) is 6.04. The molecule has 0 saturated heterocycles. The number of hydrogen-bond donors (Lipinski definition) is 1. The molecule has 136 valence electrons. The smallest absolute Gasteiger partial charge is 0.283 e. The molecule has 1 N–H and O–H groups in total. The Morgan fingerprint density at radius 1 is 1.23 bits per heavy atom. The van der Waals surface area contributed by atoms with Crippen LogP contribution in [0.5, 0.6) is 0 Å². The lowest BCUT2D eigenvalue weighted by Gasteiger charge is -2.19. The number of nitrogens with zero attached hydrogens (tertiary/aromatic N) is 3. The molecule has 0 unspecified atom stereocenters. The van der Waals surface area contributed by atoms with Crippen LogP contribution in [0.15, 0.2) is 51.5 Å². The second-order valence-electron chi connectivity index (χ2n) is 5.72. The van der Waals surface area contributed by atoms with E-state index in [-0.39, 0.29) is 12.5 Å². The quantitative estimate of drug-likeness (QED) is 0.645. The number of anilines is 1. The first-order valence-electron chi connectivity index (χ1n) is 8.28. The Bertz CT molecular complexity index is 848. The molecule has 0 saturated carbocycles. The Morgan fingerprint density at radius 2 is 2.08 bits per heavy atom. The summed E-state index contributed by atoms with van der Waals surface area (Å²) in [6, 6.07) is 10.6. The fraction of sp³-hybridized carbons (Fsp3) is 0.278. The Hall–Kier alpha value is -2.64. The van der Waals surface area contributed by atoms with Crippen LogP contribution in [-0.2, 0) is 11.3 Å². The van der Waals surface area contributed by atoms with Gasteiger partial charge < -0.3 is 14.2 Å². The number of furan rings is 1. The Balaban J connectivity index is 1.62. The maximum Gasteiger partial charge on any atom is 0.283 e. The molecule has 0 atom stereocenters. The summed E-state index contributed by atoms with van der Waals surface area (Å²) in [5, 5.41) is 11.3. The van der Waals surface area contributed by atoms with Crippen LogP contribution in [0.4, 0.5) is 5.69 Å². The van der Waals surface area contributed by atoms with Crippen molar-refractivity contribution < 1.29 is 13.6 Å². The zero-order chi connectivity index (χ0) is 18.4. The lowest BCUT2D eigenvalue weighted by Crippen LogP contribution is -2.33. The summed E-state index contributed by atoms with van der Waals surface area (Å²) in [6.07, 6.45) is 2.43. The van der Waals surface area contributed by atoms with Crippen molar-refractivity contribution in [3.63, 3.8) is 0 Å². The molecule has 26 heavy (non-hydrogen) atoms. The van der Waals surface area contributed by atoms with Crippen molar-refractivity contribution in [3.05, 3.63) is 53.6 Å². The molecular weight excluding hydrogens is 356 g/mol. The summed E-state index contributed by atoms with van der Waals surface area (Å²) < 4.78 is 10.9. The summed E-state index contributed by atoms with van der Waals surface area (Å²) in [6.45, 7) is 3.32. The second-order valence-corrected chi connectivity index (χ2v) is 6.12. The van der Waals surface area contributed by atoms with Crippen LogP contribution < -0.4 is 5.32 Å². The van der Waals surface area contributed by atoms with Gasteiger partial charge in [0.25, 0.3) is 5.89 Å². The molecule has 0 aliphatic rings. The molecule has 1 aromatic carbocycles. The van der Waals surface area contributed by atoms with Crippen LogP contribution in [0.3, 0.4) is 0 Å². The standard InChI is InChI=1S/C18H19ClN4O3/c1-2-9-23(11-16(24)20-14-7-4-3-6-13(14)19)12-17-21-22-18(26-17)15-8-5-10-25-15/h3-8,10H,2,9,11-12H2,1H3,(H,20,24). The first-order chi connectivity index (χ1) is 12.7. The molecule has 7 nitrogen and oxygen atoms in total. The average Bonchev–Trinajstić information content (AvgIpc) is 3.28. The molecule has 2 aromatic heterocycles. The number of rotatable bonds is 8. The van der Waals surface area contributed by atoms with Crippen LogP contribution in [0.25, 0.3) is 11.7 Å². The van der Waals surface area contributed by atoms with E-state index in [0.29, 0.717) is 41.3 Å². The van der Waals surface area contributed by atoms with Crippen molar-refractivity contribution in [1.29, 1.82) is 0 Å². The third kappa shape index (κ3) is 4.71. The van der Waals surface area contributed by atoms with E-state index in [1.54, 1.807) is 30.5 Å². The number of halogens is 1. The minimum absolute atomic E-state index is 0.155. The van der Waals surface area contributed by atoms with Gasteiger partial charge in [0.2, 0.25) is 11.8 Å². The van der Waals surface area contributed by atoms with Gasteiger partial charge in [-0.3, -0.25) is 9.69 Å². The average molecular weight is 375 g/mol. The van der Waals surface area contributed by atoms with Gasteiger partial charge in [-0.15, -0.1) is 10.2 Å². The molecule has 0 fully saturated rings. The van der Waals surface area contributed by atoms with Gasteiger partial charge in [0, 0.05) is 0 Å². The lowest BCUT2D eigenvalue weighted by molar-refractivity contribution is -0.117. The van der Waals surface area contributed by atoms with Crippen molar-refractivity contribution >= 4 is 23.2 Å². The zero-order valence-electron chi connectivity index (χ0n) is 14.3. The number of hydrogen-bond acceptors (Lipinski definition) is 6. The van der Waals surface area contributed by atoms with Gasteiger partial charge >= 0.3 is 0 Å². The fourth-order valence-electron chi connectivity index (χ4n) is 2.49. The SMILES string of the molecule is CCCN(CC(=O)Nc1ccccc1Cl)Cc1nnc(-c2ccco2)o1. The van der Waals surface area contributed by atoms with Gasteiger partial charge in [0.1, 0.15) is 0 Å². The molecule has 0 aliphatic carbocycles. The minimum atomic E-state index is -0.155. The van der Waals surface area contributed by atoms with E-state index < -0.39 is 0 Å². The topological polar surface area (TPSA) is 84.4 Å². The molecule has 0 radical (unpaired) electrons. The Morgan fingerprint density at radius 3 is 2.81 bits per heavy atom. The minimum Gasteiger partial charge on any atom is -0.459 e. The predicted octanol–water partition coefficient (Wildman–Crippen LogP) is 3.83. The monoisotopic (exact) mass is 374 g/mol. The number of nitrogens with one attached hydrogen (secondary N) is 1. The molecule has 0 aliphatic heterocycles. The van der Waals surface area contributed by atoms with Crippen molar-refractivity contribution in [2.24, 2.45) is 0 Å². The first-order valence-corrected chi connectivity index (χ1v) is 8.66. The van der Waals surface area contributed by atoms with E-state index >= 15 is 0 Å². The van der Waals surface area contributed by atoms with E-state index in [0.717, 1.165) is 6.42 Å². The molecule has 1 amide bonds. The third-order valence-corrected chi connectivity index (χ3v) is 3.94. The maximum absolute atomic E-state index is 12.3. The molecule has 2 heterocycles. The largest absolute Gasteiger partial charge is 0.459 e. The van der Waals surface area contributed by atoms with Gasteiger partial charge in [0.05, 0.1) is 30.1 Å². The normalized spacial score (nSPS) is 11.0. The fourth-order valence-corrected chi connectivity index (χ4v) is 2.68. The number of carbonyl (C=O) groups excluding carboxylic acids is 1. The highest BCUT2D eigenvalue weighted by atomic mass is 35.5. The summed E-state index contributed by atoms with van der Waals surface area (Å²) in [4.78, 5) is 14.3. The molecule has 0 spiro atoms. The number of aromatic nitrogens is 2. The molecule has 0 bridgehead atoms. The van der Waals surface area contributed by atoms with Gasteiger partial charge in [-0.2, -0.15) is 0 Å². The van der Waals surface area contributed by atoms with Crippen molar-refractivity contribution in [2.45, 2.75) is 19.9 Å². The zero-order valence-corrected chi connectivity index (χ0v) is 15.1. The maximum atomic E-state index is 12.3. The van der Waals surface area contributed by atoms with Gasteiger partial charge in [-0.05, 0) is 37.2 Å². The third-order valence-electron chi connectivity index (χ3n) is 3.61. The van der Waals surface area contributed by atoms with Gasteiger partial charge in [-0.1, -0.05) is 30.7 Å². The number of amides is 1. The highest BCUT2D eigenvalue weighted by molar-refractivity contribution is 6.33. The van der Waals surface area contributed by atoms with E-state index in [9.17, 15) is 4.79 Å². The highest BCUT2D eigenvalue weighted by Crippen LogP contribution is 2.21. The van der Waals surface area contributed by atoms with Crippen LogP contribution in [0, 0.1) is 0 Å². The summed E-state index contributed by atoms with van der Waals surface area (Å²) in [5.74, 6) is 1.11. The van der Waals surface area contributed by atoms with Crippen LogP contribution in [0.1, 0.15) is 19.2 Å². The molecular formula is C18H19ClN4O3. The molecule has 3 rings (SSSR count). The van der Waals surface area contributed by atoms with E-state index in [2.05, 4.69) is 15.5 Å². The Labute approximate surface area is 156 Å². The second kappa shape index (κ2) is 8.64. The van der Waals surface area contributed by atoms with Crippen molar-refractivity contribution in [3.8, 4) is 11.7 Å². The highest BCUT2D eigenvalue weighted by Gasteiger charge is 2.17. The number of carbonyl (C=O) groups is 1. The lowest BCUT2D eigenvalue weighted by atomic mass is 10.3.